The van der Waals surface area contributed by atoms with Crippen molar-refractivity contribution in [3.8, 4) is 0 Å². The van der Waals surface area contributed by atoms with Crippen molar-refractivity contribution in [1.82, 2.24) is 4.89 Å². The molecule has 102 valence electrons. The highest BCUT2D eigenvalue weighted by atomic mass is 32.2. The second-order valence-corrected chi connectivity index (χ2v) is 6.84. The van der Waals surface area contributed by atoms with E-state index in [1.807, 2.05) is 12.1 Å². The predicted molar refractivity (Wildman–Crippen MR) is 71.6 cm³/mol. The van der Waals surface area contributed by atoms with E-state index in [1.54, 1.807) is 32.9 Å². The number of hydrogen-bond donors (Lipinski definition) is 1. The van der Waals surface area contributed by atoms with Crippen LogP contribution in [0.4, 0.5) is 0 Å². The van der Waals surface area contributed by atoms with Gasteiger partial charge in [-0.1, -0.05) is 30.4 Å². The molecule has 4 nitrogen and oxygen atoms in total. The van der Waals surface area contributed by atoms with Gasteiger partial charge >= 0.3 is 0 Å². The highest BCUT2D eigenvalue weighted by Crippen LogP contribution is 2.13. The predicted octanol–water partition coefficient (Wildman–Crippen LogP) is 2.65. The summed E-state index contributed by atoms with van der Waals surface area (Å²) < 4.78 is 23.8. The summed E-state index contributed by atoms with van der Waals surface area (Å²) in [5, 5.41) is 0. The molecule has 0 saturated heterocycles. The van der Waals surface area contributed by atoms with Gasteiger partial charge in [-0.3, -0.25) is 4.84 Å². The zero-order valence-corrected chi connectivity index (χ0v) is 12.2. The Labute approximate surface area is 109 Å². The van der Waals surface area contributed by atoms with E-state index in [2.05, 4.69) is 11.8 Å². The fourth-order valence-corrected chi connectivity index (χ4v) is 2.30. The second kappa shape index (κ2) is 5.82. The lowest BCUT2D eigenvalue weighted by molar-refractivity contribution is -0.0357. The number of benzene rings is 1. The molecular weight excluding hydrogens is 250 g/mol. The Morgan fingerprint density at radius 1 is 1.17 bits per heavy atom. The first kappa shape index (κ1) is 15.1. The molecule has 0 unspecified atom stereocenters. The standard InChI is InChI=1S/C13H21NO3S/c1-5-6-11-7-9-12(10-8-11)18(15,16)14-17-13(2,3)4/h7-10,14H,5-6H2,1-4H3. The maximum atomic E-state index is 11.9. The SMILES string of the molecule is CCCc1ccc(S(=O)(=O)NOC(C)(C)C)cc1. The Kier molecular flexibility index (Phi) is 4.90. The molecule has 0 spiro atoms. The van der Waals surface area contributed by atoms with Crippen LogP contribution in [0, 0.1) is 0 Å². The van der Waals surface area contributed by atoms with Gasteiger partial charge in [0.05, 0.1) is 10.5 Å². The lowest BCUT2D eigenvalue weighted by atomic mass is 10.1. The van der Waals surface area contributed by atoms with E-state index < -0.39 is 15.6 Å². The quantitative estimate of drug-likeness (QED) is 0.838. The van der Waals surface area contributed by atoms with E-state index in [0.717, 1.165) is 18.4 Å². The van der Waals surface area contributed by atoms with Crippen LogP contribution in [-0.2, 0) is 21.3 Å². The second-order valence-electron chi connectivity index (χ2n) is 5.20. The highest BCUT2D eigenvalue weighted by molar-refractivity contribution is 7.89. The van der Waals surface area contributed by atoms with E-state index in [0.29, 0.717) is 0 Å². The van der Waals surface area contributed by atoms with E-state index in [4.69, 9.17) is 4.84 Å². The molecule has 1 rings (SSSR count). The van der Waals surface area contributed by atoms with Crippen molar-refractivity contribution in [2.24, 2.45) is 0 Å². The molecule has 0 amide bonds. The molecule has 5 heteroatoms. The molecule has 0 aliphatic rings. The van der Waals surface area contributed by atoms with Crippen LogP contribution in [0.25, 0.3) is 0 Å². The average Bonchev–Trinajstić information content (AvgIpc) is 2.27. The molecule has 0 aliphatic carbocycles. The molecule has 1 N–H and O–H groups in total. The number of nitrogens with one attached hydrogen (secondary N) is 1. The molecule has 0 atom stereocenters. The number of hydrogen-bond acceptors (Lipinski definition) is 3. The normalized spacial score (nSPS) is 12.7. The van der Waals surface area contributed by atoms with E-state index in [-0.39, 0.29) is 4.90 Å². The molecule has 0 aliphatic heterocycles. The van der Waals surface area contributed by atoms with Gasteiger partial charge in [-0.2, -0.15) is 0 Å². The zero-order chi connectivity index (χ0) is 13.8. The summed E-state index contributed by atoms with van der Waals surface area (Å²) in [4.78, 5) is 7.44. The maximum Gasteiger partial charge on any atom is 0.262 e. The number of sulfonamides is 1. The largest absolute Gasteiger partial charge is 0.281 e. The van der Waals surface area contributed by atoms with Gasteiger partial charge < -0.3 is 0 Å². The molecule has 0 bridgehead atoms. The van der Waals surface area contributed by atoms with Gasteiger partial charge in [-0.05, 0) is 44.9 Å². The lowest BCUT2D eigenvalue weighted by Crippen LogP contribution is -2.33. The van der Waals surface area contributed by atoms with E-state index in [1.165, 1.54) is 0 Å². The van der Waals surface area contributed by atoms with Crippen molar-refractivity contribution >= 4 is 10.0 Å². The van der Waals surface area contributed by atoms with Gasteiger partial charge in [-0.25, -0.2) is 8.42 Å². The molecule has 18 heavy (non-hydrogen) atoms. The van der Waals surface area contributed by atoms with Crippen LogP contribution in [-0.4, -0.2) is 14.0 Å². The number of aryl methyl sites for hydroxylation is 1. The van der Waals surface area contributed by atoms with Crippen LogP contribution in [0.5, 0.6) is 0 Å². The van der Waals surface area contributed by atoms with Gasteiger partial charge in [0.15, 0.2) is 0 Å². The molecule has 1 aromatic carbocycles. The minimum absolute atomic E-state index is 0.214. The molecule has 0 saturated carbocycles. The van der Waals surface area contributed by atoms with Crippen molar-refractivity contribution < 1.29 is 13.3 Å². The zero-order valence-electron chi connectivity index (χ0n) is 11.4. The summed E-state index contributed by atoms with van der Waals surface area (Å²) in [6.07, 6.45) is 1.99. The fourth-order valence-electron chi connectivity index (χ4n) is 1.35. The third-order valence-electron chi connectivity index (χ3n) is 2.23. The van der Waals surface area contributed by atoms with Crippen molar-refractivity contribution in [1.29, 1.82) is 0 Å². The van der Waals surface area contributed by atoms with Crippen LogP contribution in [0.3, 0.4) is 0 Å². The third kappa shape index (κ3) is 4.76. The Bertz CT molecular complexity index is 472. The minimum Gasteiger partial charge on any atom is -0.281 e. The van der Waals surface area contributed by atoms with Crippen LogP contribution in [0.15, 0.2) is 29.2 Å². The lowest BCUT2D eigenvalue weighted by Gasteiger charge is -2.19. The van der Waals surface area contributed by atoms with Crippen molar-refractivity contribution in [2.45, 2.75) is 51.0 Å². The Hall–Kier alpha value is -0.910. The van der Waals surface area contributed by atoms with Gasteiger partial charge in [0, 0.05) is 0 Å². The molecule has 0 aromatic heterocycles. The summed E-state index contributed by atoms with van der Waals surface area (Å²) in [6.45, 7) is 7.42. The first-order chi connectivity index (χ1) is 8.24. The topological polar surface area (TPSA) is 55.4 Å². The molecule has 0 heterocycles. The Morgan fingerprint density at radius 2 is 1.72 bits per heavy atom. The first-order valence-corrected chi connectivity index (χ1v) is 7.52. The monoisotopic (exact) mass is 271 g/mol. The van der Waals surface area contributed by atoms with Crippen LogP contribution in [0.1, 0.15) is 39.7 Å². The summed E-state index contributed by atoms with van der Waals surface area (Å²) >= 11 is 0. The van der Waals surface area contributed by atoms with Gasteiger partial charge in [0.2, 0.25) is 0 Å². The third-order valence-corrected chi connectivity index (χ3v) is 3.43. The summed E-state index contributed by atoms with van der Waals surface area (Å²) in [7, 11) is -3.60. The highest BCUT2D eigenvalue weighted by Gasteiger charge is 2.18. The van der Waals surface area contributed by atoms with Crippen LogP contribution in [0.2, 0.25) is 0 Å². The van der Waals surface area contributed by atoms with Crippen LogP contribution >= 0.6 is 0 Å². The van der Waals surface area contributed by atoms with Gasteiger partial charge in [0.25, 0.3) is 10.0 Å². The van der Waals surface area contributed by atoms with E-state index in [9.17, 15) is 8.42 Å². The summed E-state index contributed by atoms with van der Waals surface area (Å²) in [5.74, 6) is 0. The van der Waals surface area contributed by atoms with Crippen molar-refractivity contribution in [2.75, 3.05) is 0 Å². The summed E-state index contributed by atoms with van der Waals surface area (Å²) in [6, 6.07) is 6.85. The minimum atomic E-state index is -3.60. The van der Waals surface area contributed by atoms with Gasteiger partial charge in [0.1, 0.15) is 0 Å². The maximum absolute atomic E-state index is 11.9. The molecular formula is C13H21NO3S. The van der Waals surface area contributed by atoms with Crippen LogP contribution < -0.4 is 4.89 Å². The molecule has 0 radical (unpaired) electrons. The Balaban J connectivity index is 2.79. The van der Waals surface area contributed by atoms with Crippen molar-refractivity contribution in [3.63, 3.8) is 0 Å². The molecule has 1 aromatic rings. The first-order valence-electron chi connectivity index (χ1n) is 6.03. The average molecular weight is 271 g/mol. The Morgan fingerprint density at radius 3 is 2.17 bits per heavy atom. The smallest absolute Gasteiger partial charge is 0.262 e. The fraction of sp³-hybridized carbons (Fsp3) is 0.538. The molecule has 0 fully saturated rings. The van der Waals surface area contributed by atoms with Crippen molar-refractivity contribution in [3.05, 3.63) is 29.8 Å². The van der Waals surface area contributed by atoms with Gasteiger partial charge in [-0.15, -0.1) is 0 Å². The van der Waals surface area contributed by atoms with E-state index >= 15 is 0 Å². The number of rotatable bonds is 5. The summed E-state index contributed by atoms with van der Waals surface area (Å²) in [5.41, 5.74) is 0.572.